The molecule has 0 saturated carbocycles. The van der Waals surface area contributed by atoms with Crippen LogP contribution in [0.4, 0.5) is 0 Å². The molecule has 0 bridgehead atoms. The van der Waals surface area contributed by atoms with Gasteiger partial charge >= 0.3 is 0 Å². The highest BCUT2D eigenvalue weighted by molar-refractivity contribution is 5.85. The van der Waals surface area contributed by atoms with Crippen LogP contribution in [0.25, 0.3) is 0 Å². The lowest BCUT2D eigenvalue weighted by Crippen LogP contribution is -2.51. The second kappa shape index (κ2) is 7.14. The van der Waals surface area contributed by atoms with Gasteiger partial charge in [0.2, 0.25) is 5.91 Å². The van der Waals surface area contributed by atoms with E-state index in [9.17, 15) is 4.79 Å². The molecule has 0 fully saturated rings. The normalized spacial score (nSPS) is 13.7. The van der Waals surface area contributed by atoms with Crippen molar-refractivity contribution >= 4 is 5.91 Å². The Morgan fingerprint density at radius 3 is 2.84 bits per heavy atom. The van der Waals surface area contributed by atoms with E-state index in [1.165, 1.54) is 0 Å². The molecule has 0 aromatic heterocycles. The monoisotopic (exact) mass is 264 g/mol. The molecule has 0 aliphatic rings. The predicted octanol–water partition coefficient (Wildman–Crippen LogP) is 1.87. The Balaban J connectivity index is 2.43. The van der Waals surface area contributed by atoms with Crippen LogP contribution in [-0.4, -0.2) is 25.1 Å². The van der Waals surface area contributed by atoms with E-state index < -0.39 is 5.54 Å². The smallest absolute Gasteiger partial charge is 0.239 e. The molecule has 1 aromatic rings. The zero-order valence-electron chi connectivity index (χ0n) is 12.0. The topological polar surface area (TPSA) is 64.4 Å². The van der Waals surface area contributed by atoms with Crippen LogP contribution in [-0.2, 0) is 11.2 Å². The van der Waals surface area contributed by atoms with Crippen LogP contribution in [0.15, 0.2) is 24.3 Å². The number of nitrogens with two attached hydrogens (primary N) is 1. The Morgan fingerprint density at radius 2 is 2.21 bits per heavy atom. The molecule has 106 valence electrons. The van der Waals surface area contributed by atoms with E-state index in [1.54, 1.807) is 14.0 Å². The molecule has 19 heavy (non-hydrogen) atoms. The summed E-state index contributed by atoms with van der Waals surface area (Å²) >= 11 is 0. The third kappa shape index (κ3) is 4.91. The third-order valence-electron chi connectivity index (χ3n) is 3.12. The number of amides is 1. The fourth-order valence-electron chi connectivity index (χ4n) is 1.98. The molecule has 1 atom stereocenters. The Labute approximate surface area is 115 Å². The van der Waals surface area contributed by atoms with Gasteiger partial charge in [-0.3, -0.25) is 4.79 Å². The van der Waals surface area contributed by atoms with Crippen molar-refractivity contribution in [1.29, 1.82) is 0 Å². The molecule has 3 N–H and O–H groups in total. The summed E-state index contributed by atoms with van der Waals surface area (Å²) in [7, 11) is 1.64. The van der Waals surface area contributed by atoms with Crippen LogP contribution in [0, 0.1) is 0 Å². The van der Waals surface area contributed by atoms with E-state index in [1.807, 2.05) is 31.2 Å². The standard InChI is InChI=1S/C15H24N2O2/c1-4-9-15(2,16)14(18)17-10-8-12-6-5-7-13(11-12)19-3/h5-7,11H,4,8-10,16H2,1-3H3,(H,17,18). The largest absolute Gasteiger partial charge is 0.497 e. The molecule has 1 amide bonds. The van der Waals surface area contributed by atoms with Crippen LogP contribution >= 0.6 is 0 Å². The summed E-state index contributed by atoms with van der Waals surface area (Å²) < 4.78 is 5.16. The van der Waals surface area contributed by atoms with Crippen molar-refractivity contribution in [3.63, 3.8) is 0 Å². The minimum atomic E-state index is -0.775. The molecule has 0 aliphatic carbocycles. The van der Waals surface area contributed by atoms with Crippen LogP contribution in [0.2, 0.25) is 0 Å². The first-order chi connectivity index (χ1) is 8.99. The molecule has 0 spiro atoms. The van der Waals surface area contributed by atoms with Gasteiger partial charge < -0.3 is 15.8 Å². The van der Waals surface area contributed by atoms with Crippen molar-refractivity contribution in [2.75, 3.05) is 13.7 Å². The van der Waals surface area contributed by atoms with Crippen molar-refractivity contribution in [1.82, 2.24) is 5.32 Å². The maximum Gasteiger partial charge on any atom is 0.239 e. The van der Waals surface area contributed by atoms with Crippen LogP contribution < -0.4 is 15.8 Å². The zero-order chi connectivity index (χ0) is 14.3. The van der Waals surface area contributed by atoms with Gasteiger partial charge in [0.1, 0.15) is 5.75 Å². The van der Waals surface area contributed by atoms with Gasteiger partial charge in [-0.15, -0.1) is 0 Å². The molecule has 0 heterocycles. The molecule has 4 heteroatoms. The third-order valence-corrected chi connectivity index (χ3v) is 3.12. The minimum absolute atomic E-state index is 0.0859. The summed E-state index contributed by atoms with van der Waals surface area (Å²) in [5, 5.41) is 2.89. The summed E-state index contributed by atoms with van der Waals surface area (Å²) in [5.41, 5.74) is 6.32. The summed E-state index contributed by atoms with van der Waals surface area (Å²) in [6.07, 6.45) is 2.36. The number of methoxy groups -OCH3 is 1. The van der Waals surface area contributed by atoms with E-state index in [-0.39, 0.29) is 5.91 Å². The van der Waals surface area contributed by atoms with Crippen molar-refractivity contribution in [2.24, 2.45) is 5.73 Å². The number of ether oxygens (including phenoxy) is 1. The maximum atomic E-state index is 11.9. The molecule has 0 aliphatic heterocycles. The lowest BCUT2D eigenvalue weighted by atomic mass is 9.96. The van der Waals surface area contributed by atoms with Crippen LogP contribution in [0.3, 0.4) is 0 Å². The molecule has 0 saturated heterocycles. The summed E-state index contributed by atoms with van der Waals surface area (Å²) in [4.78, 5) is 11.9. The van der Waals surface area contributed by atoms with E-state index >= 15 is 0 Å². The van der Waals surface area contributed by atoms with E-state index in [2.05, 4.69) is 5.32 Å². The number of rotatable bonds is 7. The number of hydrogen-bond acceptors (Lipinski definition) is 3. The SMILES string of the molecule is CCCC(C)(N)C(=O)NCCc1cccc(OC)c1. The van der Waals surface area contributed by atoms with Gasteiger partial charge in [0.25, 0.3) is 0 Å². The number of benzene rings is 1. The van der Waals surface area contributed by atoms with E-state index in [0.717, 1.165) is 24.2 Å². The number of nitrogens with one attached hydrogen (secondary N) is 1. The lowest BCUT2D eigenvalue weighted by molar-refractivity contribution is -0.126. The van der Waals surface area contributed by atoms with Crippen molar-refractivity contribution < 1.29 is 9.53 Å². The van der Waals surface area contributed by atoms with Gasteiger partial charge in [0.05, 0.1) is 12.6 Å². The summed E-state index contributed by atoms with van der Waals surface area (Å²) in [6, 6.07) is 7.84. The highest BCUT2D eigenvalue weighted by atomic mass is 16.5. The van der Waals surface area contributed by atoms with Crippen molar-refractivity contribution in [2.45, 2.75) is 38.6 Å². The number of hydrogen-bond donors (Lipinski definition) is 2. The summed E-state index contributed by atoms with van der Waals surface area (Å²) in [5.74, 6) is 0.746. The van der Waals surface area contributed by atoms with Gasteiger partial charge in [0.15, 0.2) is 0 Å². The molecule has 1 aromatic carbocycles. The maximum absolute atomic E-state index is 11.9. The van der Waals surface area contributed by atoms with E-state index in [0.29, 0.717) is 13.0 Å². The second-order valence-corrected chi connectivity index (χ2v) is 5.02. The lowest BCUT2D eigenvalue weighted by Gasteiger charge is -2.22. The number of carbonyl (C=O) groups is 1. The average molecular weight is 264 g/mol. The van der Waals surface area contributed by atoms with Crippen molar-refractivity contribution in [3.05, 3.63) is 29.8 Å². The fourth-order valence-corrected chi connectivity index (χ4v) is 1.98. The van der Waals surface area contributed by atoms with Gasteiger partial charge in [-0.1, -0.05) is 25.5 Å². The Kier molecular flexibility index (Phi) is 5.83. The Morgan fingerprint density at radius 1 is 1.47 bits per heavy atom. The molecular formula is C15H24N2O2. The Hall–Kier alpha value is -1.55. The predicted molar refractivity (Wildman–Crippen MR) is 77.2 cm³/mol. The van der Waals surface area contributed by atoms with Crippen LogP contribution in [0.1, 0.15) is 32.3 Å². The van der Waals surface area contributed by atoms with Gasteiger partial charge in [-0.25, -0.2) is 0 Å². The van der Waals surface area contributed by atoms with Gasteiger partial charge in [0, 0.05) is 6.54 Å². The first kappa shape index (κ1) is 15.5. The molecule has 1 unspecified atom stereocenters. The first-order valence-corrected chi connectivity index (χ1v) is 6.69. The Bertz CT molecular complexity index is 416. The molecule has 1 rings (SSSR count). The van der Waals surface area contributed by atoms with Crippen LogP contribution in [0.5, 0.6) is 5.75 Å². The zero-order valence-corrected chi connectivity index (χ0v) is 12.0. The molecule has 0 radical (unpaired) electrons. The highest BCUT2D eigenvalue weighted by Gasteiger charge is 2.26. The van der Waals surface area contributed by atoms with Gasteiger partial charge in [-0.2, -0.15) is 0 Å². The molecular weight excluding hydrogens is 240 g/mol. The number of carbonyl (C=O) groups excluding carboxylic acids is 1. The molecule has 4 nitrogen and oxygen atoms in total. The minimum Gasteiger partial charge on any atom is -0.497 e. The average Bonchev–Trinajstić information content (AvgIpc) is 2.38. The highest BCUT2D eigenvalue weighted by Crippen LogP contribution is 2.13. The first-order valence-electron chi connectivity index (χ1n) is 6.69. The fraction of sp³-hybridized carbons (Fsp3) is 0.533. The van der Waals surface area contributed by atoms with Crippen molar-refractivity contribution in [3.8, 4) is 5.75 Å². The van der Waals surface area contributed by atoms with Gasteiger partial charge in [-0.05, 0) is 37.5 Å². The van der Waals surface area contributed by atoms with E-state index in [4.69, 9.17) is 10.5 Å². The quantitative estimate of drug-likeness (QED) is 0.790. The second-order valence-electron chi connectivity index (χ2n) is 5.02. The summed E-state index contributed by atoms with van der Waals surface area (Å²) in [6.45, 7) is 4.38.